The first-order valence-electron chi connectivity index (χ1n) is 7.50. The summed E-state index contributed by atoms with van der Waals surface area (Å²) < 4.78 is 15.7. The van der Waals surface area contributed by atoms with Crippen molar-refractivity contribution < 1.29 is 18.8 Å². The van der Waals surface area contributed by atoms with E-state index in [0.29, 0.717) is 30.2 Å². The molecular formula is C15H20N4O4. The lowest BCUT2D eigenvalue weighted by atomic mass is 10.2. The third-order valence-corrected chi connectivity index (χ3v) is 3.88. The average molecular weight is 320 g/mol. The van der Waals surface area contributed by atoms with Gasteiger partial charge in [-0.05, 0) is 12.1 Å². The summed E-state index contributed by atoms with van der Waals surface area (Å²) in [5.41, 5.74) is 6.87. The summed E-state index contributed by atoms with van der Waals surface area (Å²) in [6.45, 7) is 4.26. The van der Waals surface area contributed by atoms with Crippen molar-refractivity contribution in [2.45, 2.75) is 0 Å². The third kappa shape index (κ3) is 3.54. The number of nitrogens with zero attached hydrogens (tertiary/aromatic N) is 3. The number of ether oxygens (including phenoxy) is 2. The zero-order valence-electron chi connectivity index (χ0n) is 13.0. The van der Waals surface area contributed by atoms with Crippen LogP contribution in [0.25, 0.3) is 11.0 Å². The maximum atomic E-state index is 12.1. The Kier molecular flexibility index (Phi) is 4.63. The molecule has 1 aromatic carbocycles. The minimum atomic E-state index is -0.412. The molecule has 0 aliphatic carbocycles. The second-order valence-corrected chi connectivity index (χ2v) is 5.38. The lowest BCUT2D eigenvalue weighted by Crippen LogP contribution is -2.39. The summed E-state index contributed by atoms with van der Waals surface area (Å²) in [6, 6.07) is 5.26. The van der Waals surface area contributed by atoms with Crippen LogP contribution in [0.1, 0.15) is 0 Å². The highest BCUT2D eigenvalue weighted by Crippen LogP contribution is 2.25. The summed E-state index contributed by atoms with van der Waals surface area (Å²) in [6.07, 6.45) is -0.412. The van der Waals surface area contributed by atoms with Crippen molar-refractivity contribution in [3.8, 4) is 0 Å². The van der Waals surface area contributed by atoms with Crippen molar-refractivity contribution in [1.29, 1.82) is 0 Å². The minimum Gasteiger partial charge on any atom is -0.448 e. The molecule has 0 radical (unpaired) electrons. The quantitative estimate of drug-likeness (QED) is 0.907. The molecule has 8 heteroatoms. The van der Waals surface area contributed by atoms with Crippen LogP contribution in [0.5, 0.6) is 0 Å². The van der Waals surface area contributed by atoms with E-state index in [1.165, 1.54) is 4.90 Å². The Morgan fingerprint density at radius 2 is 2.22 bits per heavy atom. The van der Waals surface area contributed by atoms with E-state index in [-0.39, 0.29) is 0 Å². The third-order valence-electron chi connectivity index (χ3n) is 3.88. The fourth-order valence-electron chi connectivity index (χ4n) is 2.44. The zero-order valence-corrected chi connectivity index (χ0v) is 13.0. The molecule has 124 valence electrons. The topological polar surface area (TPSA) is 94.1 Å². The summed E-state index contributed by atoms with van der Waals surface area (Å²) >= 11 is 0. The Labute approximate surface area is 133 Å². The van der Waals surface area contributed by atoms with Crippen LogP contribution in [0.4, 0.5) is 16.3 Å². The fraction of sp³-hybridized carbons (Fsp3) is 0.467. The maximum absolute atomic E-state index is 12.1. The van der Waals surface area contributed by atoms with Gasteiger partial charge in [0.25, 0.3) is 0 Å². The number of morpholine rings is 1. The SMILES string of the molecule is CN(C(=O)OCCN1CCOCC1)c1ccc2c(N)noc2c1. The van der Waals surface area contributed by atoms with Gasteiger partial charge in [-0.25, -0.2) is 4.79 Å². The lowest BCUT2D eigenvalue weighted by Gasteiger charge is -2.26. The lowest BCUT2D eigenvalue weighted by molar-refractivity contribution is 0.0286. The van der Waals surface area contributed by atoms with Gasteiger partial charge in [-0.1, -0.05) is 5.16 Å². The van der Waals surface area contributed by atoms with Crippen LogP contribution in [-0.4, -0.2) is 62.7 Å². The Balaban J connectivity index is 1.55. The van der Waals surface area contributed by atoms with Gasteiger partial charge in [-0.3, -0.25) is 9.80 Å². The molecule has 1 aromatic heterocycles. The number of anilines is 2. The molecule has 1 amide bonds. The van der Waals surface area contributed by atoms with Gasteiger partial charge < -0.3 is 19.7 Å². The highest BCUT2D eigenvalue weighted by atomic mass is 16.6. The van der Waals surface area contributed by atoms with Gasteiger partial charge in [0, 0.05) is 32.7 Å². The molecule has 0 spiro atoms. The van der Waals surface area contributed by atoms with Gasteiger partial charge in [-0.15, -0.1) is 0 Å². The van der Waals surface area contributed by atoms with Gasteiger partial charge >= 0.3 is 6.09 Å². The van der Waals surface area contributed by atoms with E-state index < -0.39 is 6.09 Å². The summed E-state index contributed by atoms with van der Waals surface area (Å²) in [7, 11) is 1.65. The molecule has 1 fully saturated rings. The molecule has 2 aromatic rings. The molecule has 0 atom stereocenters. The summed E-state index contributed by atoms with van der Waals surface area (Å²) in [5, 5.41) is 4.42. The largest absolute Gasteiger partial charge is 0.448 e. The van der Waals surface area contributed by atoms with E-state index >= 15 is 0 Å². The van der Waals surface area contributed by atoms with Crippen molar-refractivity contribution >= 4 is 28.6 Å². The first-order chi connectivity index (χ1) is 11.1. The van der Waals surface area contributed by atoms with Crippen molar-refractivity contribution in [1.82, 2.24) is 10.1 Å². The van der Waals surface area contributed by atoms with Crippen LogP contribution in [0, 0.1) is 0 Å². The Morgan fingerprint density at radius 1 is 1.43 bits per heavy atom. The molecule has 0 saturated carbocycles. The fourth-order valence-corrected chi connectivity index (χ4v) is 2.44. The van der Waals surface area contributed by atoms with E-state index in [0.717, 1.165) is 31.7 Å². The number of nitrogen functional groups attached to an aromatic ring is 1. The van der Waals surface area contributed by atoms with Crippen molar-refractivity contribution in [3.63, 3.8) is 0 Å². The van der Waals surface area contributed by atoms with E-state index in [9.17, 15) is 4.79 Å². The van der Waals surface area contributed by atoms with Gasteiger partial charge in [-0.2, -0.15) is 0 Å². The maximum Gasteiger partial charge on any atom is 0.414 e. The first kappa shape index (κ1) is 15.6. The standard InChI is InChI=1S/C15H20N4O4/c1-18(11-2-3-12-13(10-11)23-17-14(12)16)15(20)22-9-6-19-4-7-21-8-5-19/h2-3,10H,4-9H2,1H3,(H2,16,17). The molecule has 1 aliphatic rings. The molecule has 2 heterocycles. The van der Waals surface area contributed by atoms with Crippen LogP contribution < -0.4 is 10.6 Å². The van der Waals surface area contributed by atoms with Gasteiger partial charge in [0.2, 0.25) is 0 Å². The predicted octanol–water partition coefficient (Wildman–Crippen LogP) is 1.31. The number of rotatable bonds is 4. The smallest absolute Gasteiger partial charge is 0.414 e. The van der Waals surface area contributed by atoms with Gasteiger partial charge in [0.15, 0.2) is 11.4 Å². The second-order valence-electron chi connectivity index (χ2n) is 5.38. The number of benzene rings is 1. The molecular weight excluding hydrogens is 300 g/mol. The molecule has 2 N–H and O–H groups in total. The molecule has 0 unspecified atom stereocenters. The summed E-state index contributed by atoms with van der Waals surface area (Å²) in [4.78, 5) is 15.8. The number of carbonyl (C=O) groups is 1. The van der Waals surface area contributed by atoms with E-state index in [1.807, 2.05) is 0 Å². The number of fused-ring (bicyclic) bond motifs is 1. The van der Waals surface area contributed by atoms with Gasteiger partial charge in [0.05, 0.1) is 24.3 Å². The Hall–Kier alpha value is -2.32. The predicted molar refractivity (Wildman–Crippen MR) is 85.4 cm³/mol. The van der Waals surface area contributed by atoms with E-state index in [4.69, 9.17) is 19.7 Å². The first-order valence-corrected chi connectivity index (χ1v) is 7.50. The monoisotopic (exact) mass is 320 g/mol. The normalized spacial score (nSPS) is 15.7. The second kappa shape index (κ2) is 6.84. The zero-order chi connectivity index (χ0) is 16.2. The number of aromatic nitrogens is 1. The van der Waals surface area contributed by atoms with Crippen LogP contribution in [0.3, 0.4) is 0 Å². The Bertz CT molecular complexity index is 681. The molecule has 23 heavy (non-hydrogen) atoms. The van der Waals surface area contributed by atoms with E-state index in [1.54, 1.807) is 25.2 Å². The number of amides is 1. The van der Waals surface area contributed by atoms with Crippen LogP contribution in [-0.2, 0) is 9.47 Å². The van der Waals surface area contributed by atoms with E-state index in [2.05, 4.69) is 10.1 Å². The van der Waals surface area contributed by atoms with Crippen molar-refractivity contribution in [2.75, 3.05) is 57.1 Å². The molecule has 1 saturated heterocycles. The average Bonchev–Trinajstić information content (AvgIpc) is 2.95. The van der Waals surface area contributed by atoms with Crippen molar-refractivity contribution in [3.05, 3.63) is 18.2 Å². The number of hydrogen-bond donors (Lipinski definition) is 1. The number of hydrogen-bond acceptors (Lipinski definition) is 7. The molecule has 0 bridgehead atoms. The Morgan fingerprint density at radius 3 is 3.00 bits per heavy atom. The molecule has 1 aliphatic heterocycles. The van der Waals surface area contributed by atoms with Crippen molar-refractivity contribution in [2.24, 2.45) is 0 Å². The number of nitrogens with two attached hydrogens (primary N) is 1. The highest BCUT2D eigenvalue weighted by molar-refractivity contribution is 5.93. The minimum absolute atomic E-state index is 0.335. The van der Waals surface area contributed by atoms with Crippen LogP contribution in [0.2, 0.25) is 0 Å². The van der Waals surface area contributed by atoms with Crippen LogP contribution in [0.15, 0.2) is 22.7 Å². The highest BCUT2D eigenvalue weighted by Gasteiger charge is 2.16. The molecule has 8 nitrogen and oxygen atoms in total. The van der Waals surface area contributed by atoms with Gasteiger partial charge in [0.1, 0.15) is 6.61 Å². The van der Waals surface area contributed by atoms with Crippen LogP contribution >= 0.6 is 0 Å². The molecule has 3 rings (SSSR count). The number of carbonyl (C=O) groups excluding carboxylic acids is 1. The summed E-state index contributed by atoms with van der Waals surface area (Å²) in [5.74, 6) is 0.335.